The minimum atomic E-state index is 0.434. The first-order chi connectivity index (χ1) is 6.34. The van der Waals surface area contributed by atoms with Crippen LogP contribution < -0.4 is 5.73 Å². The van der Waals surface area contributed by atoms with Crippen molar-refractivity contribution in [2.24, 2.45) is 0 Å². The topological polar surface area (TPSA) is 35.2 Å². The largest absolute Gasteiger partial charge is 0.399 e. The Kier molecular flexibility index (Phi) is 2.50. The maximum Gasteiger partial charge on any atom is 0.0616 e. The Labute approximate surface area is 78.7 Å². The summed E-state index contributed by atoms with van der Waals surface area (Å²) >= 11 is 0. The van der Waals surface area contributed by atoms with Crippen LogP contribution in [0.25, 0.3) is 0 Å². The van der Waals surface area contributed by atoms with E-state index in [4.69, 9.17) is 10.5 Å². The summed E-state index contributed by atoms with van der Waals surface area (Å²) in [4.78, 5) is 0. The molecule has 1 aliphatic rings. The van der Waals surface area contributed by atoms with Crippen molar-refractivity contribution in [1.29, 1.82) is 0 Å². The number of hydrogen-bond acceptors (Lipinski definition) is 2. The van der Waals surface area contributed by atoms with Crippen LogP contribution in [-0.2, 0) is 11.2 Å². The Hall–Kier alpha value is -1.02. The molecule has 70 valence electrons. The molecule has 1 aliphatic heterocycles. The Morgan fingerprint density at radius 3 is 2.69 bits per heavy atom. The van der Waals surface area contributed by atoms with Gasteiger partial charge in [0.05, 0.1) is 6.10 Å². The van der Waals surface area contributed by atoms with Gasteiger partial charge >= 0.3 is 0 Å². The molecule has 2 N–H and O–H groups in total. The molecule has 0 saturated carbocycles. The van der Waals surface area contributed by atoms with Crippen LogP contribution in [0.1, 0.15) is 18.4 Å². The fourth-order valence-corrected chi connectivity index (χ4v) is 1.72. The van der Waals surface area contributed by atoms with E-state index in [1.54, 1.807) is 0 Å². The number of anilines is 1. The first-order valence-corrected chi connectivity index (χ1v) is 4.80. The Balaban J connectivity index is 1.97. The highest BCUT2D eigenvalue weighted by molar-refractivity contribution is 5.39. The molecule has 1 atom stereocenters. The lowest BCUT2D eigenvalue weighted by molar-refractivity contribution is 0.111. The van der Waals surface area contributed by atoms with Crippen LogP contribution in [-0.4, -0.2) is 12.7 Å². The molecule has 1 heterocycles. The number of nitrogens with two attached hydrogens (primary N) is 1. The van der Waals surface area contributed by atoms with Crippen LogP contribution in [0.15, 0.2) is 24.3 Å². The van der Waals surface area contributed by atoms with Crippen molar-refractivity contribution in [3.05, 3.63) is 29.8 Å². The third-order valence-corrected chi connectivity index (χ3v) is 2.47. The molecule has 2 nitrogen and oxygen atoms in total. The third-order valence-electron chi connectivity index (χ3n) is 2.47. The number of benzene rings is 1. The van der Waals surface area contributed by atoms with Crippen LogP contribution in [0.5, 0.6) is 0 Å². The Bertz CT molecular complexity index is 262. The van der Waals surface area contributed by atoms with Crippen LogP contribution in [0.4, 0.5) is 5.69 Å². The van der Waals surface area contributed by atoms with Crippen LogP contribution in [0, 0.1) is 0 Å². The van der Waals surface area contributed by atoms with Gasteiger partial charge in [-0.05, 0) is 37.0 Å². The van der Waals surface area contributed by atoms with Crippen molar-refractivity contribution in [1.82, 2.24) is 0 Å². The molecule has 2 heteroatoms. The van der Waals surface area contributed by atoms with Gasteiger partial charge in [-0.2, -0.15) is 0 Å². The number of rotatable bonds is 2. The molecular weight excluding hydrogens is 162 g/mol. The number of nitrogen functional groups attached to an aromatic ring is 1. The lowest BCUT2D eigenvalue weighted by Crippen LogP contribution is -2.08. The molecule has 1 saturated heterocycles. The second-order valence-corrected chi connectivity index (χ2v) is 3.58. The normalized spacial score (nSPS) is 22.0. The summed E-state index contributed by atoms with van der Waals surface area (Å²) in [7, 11) is 0. The summed E-state index contributed by atoms with van der Waals surface area (Å²) in [5.74, 6) is 0. The van der Waals surface area contributed by atoms with Gasteiger partial charge in [0.1, 0.15) is 0 Å². The molecule has 1 unspecified atom stereocenters. The summed E-state index contributed by atoms with van der Waals surface area (Å²) in [6.07, 6.45) is 3.87. The van der Waals surface area contributed by atoms with E-state index in [1.165, 1.54) is 18.4 Å². The minimum absolute atomic E-state index is 0.434. The summed E-state index contributed by atoms with van der Waals surface area (Å²) in [6, 6.07) is 8.06. The van der Waals surface area contributed by atoms with E-state index in [0.29, 0.717) is 6.10 Å². The van der Waals surface area contributed by atoms with Gasteiger partial charge in [-0.3, -0.25) is 0 Å². The SMILES string of the molecule is Nc1ccc(CC2CCCO2)cc1. The van der Waals surface area contributed by atoms with Gasteiger partial charge in [0.2, 0.25) is 0 Å². The summed E-state index contributed by atoms with van der Waals surface area (Å²) in [6.45, 7) is 0.930. The molecule has 1 aromatic carbocycles. The van der Waals surface area contributed by atoms with Gasteiger partial charge in [0.25, 0.3) is 0 Å². The zero-order valence-corrected chi connectivity index (χ0v) is 7.70. The van der Waals surface area contributed by atoms with Crippen LogP contribution >= 0.6 is 0 Å². The molecule has 0 aromatic heterocycles. The predicted molar refractivity (Wildman–Crippen MR) is 53.5 cm³/mol. The van der Waals surface area contributed by atoms with Crippen molar-refractivity contribution in [2.75, 3.05) is 12.3 Å². The second kappa shape index (κ2) is 3.79. The lowest BCUT2D eigenvalue weighted by Gasteiger charge is -2.08. The monoisotopic (exact) mass is 177 g/mol. The van der Waals surface area contributed by atoms with E-state index in [1.807, 2.05) is 12.1 Å². The highest BCUT2D eigenvalue weighted by Gasteiger charge is 2.15. The van der Waals surface area contributed by atoms with Gasteiger partial charge in [0, 0.05) is 12.3 Å². The smallest absolute Gasteiger partial charge is 0.0616 e. The van der Waals surface area contributed by atoms with Crippen molar-refractivity contribution < 1.29 is 4.74 Å². The van der Waals surface area contributed by atoms with E-state index in [0.717, 1.165) is 18.7 Å². The number of hydrogen-bond donors (Lipinski definition) is 1. The van der Waals surface area contributed by atoms with Crippen molar-refractivity contribution in [3.63, 3.8) is 0 Å². The first-order valence-electron chi connectivity index (χ1n) is 4.80. The molecular formula is C11H15NO. The number of ether oxygens (including phenoxy) is 1. The molecule has 1 fully saturated rings. The maximum atomic E-state index is 5.60. The molecule has 0 spiro atoms. The second-order valence-electron chi connectivity index (χ2n) is 3.58. The van der Waals surface area contributed by atoms with E-state index in [-0.39, 0.29) is 0 Å². The molecule has 0 amide bonds. The Morgan fingerprint density at radius 2 is 2.08 bits per heavy atom. The molecule has 1 aromatic rings. The van der Waals surface area contributed by atoms with E-state index in [2.05, 4.69) is 12.1 Å². The van der Waals surface area contributed by atoms with Gasteiger partial charge in [-0.1, -0.05) is 12.1 Å². The molecule has 0 radical (unpaired) electrons. The van der Waals surface area contributed by atoms with Crippen molar-refractivity contribution >= 4 is 5.69 Å². The van der Waals surface area contributed by atoms with Gasteiger partial charge in [-0.25, -0.2) is 0 Å². The van der Waals surface area contributed by atoms with E-state index in [9.17, 15) is 0 Å². The summed E-state index contributed by atoms with van der Waals surface area (Å²) in [5.41, 5.74) is 7.75. The highest BCUT2D eigenvalue weighted by atomic mass is 16.5. The molecule has 13 heavy (non-hydrogen) atoms. The summed E-state index contributed by atoms with van der Waals surface area (Å²) in [5, 5.41) is 0. The lowest BCUT2D eigenvalue weighted by atomic mass is 10.1. The minimum Gasteiger partial charge on any atom is -0.399 e. The van der Waals surface area contributed by atoms with Gasteiger partial charge in [-0.15, -0.1) is 0 Å². The van der Waals surface area contributed by atoms with Crippen molar-refractivity contribution in [2.45, 2.75) is 25.4 Å². The van der Waals surface area contributed by atoms with Gasteiger partial charge in [0.15, 0.2) is 0 Å². The Morgan fingerprint density at radius 1 is 1.31 bits per heavy atom. The fraction of sp³-hybridized carbons (Fsp3) is 0.455. The van der Waals surface area contributed by atoms with E-state index >= 15 is 0 Å². The first kappa shape index (κ1) is 8.57. The zero-order chi connectivity index (χ0) is 9.10. The van der Waals surface area contributed by atoms with Crippen LogP contribution in [0.3, 0.4) is 0 Å². The standard InChI is InChI=1S/C11H15NO/c12-10-5-3-9(4-6-10)8-11-2-1-7-13-11/h3-6,11H,1-2,7-8,12H2. The fourth-order valence-electron chi connectivity index (χ4n) is 1.72. The average Bonchev–Trinajstić information content (AvgIpc) is 2.62. The quantitative estimate of drug-likeness (QED) is 0.701. The summed E-state index contributed by atoms with van der Waals surface area (Å²) < 4.78 is 5.56. The zero-order valence-electron chi connectivity index (χ0n) is 7.70. The highest BCUT2D eigenvalue weighted by Crippen LogP contribution is 2.17. The van der Waals surface area contributed by atoms with Crippen molar-refractivity contribution in [3.8, 4) is 0 Å². The van der Waals surface area contributed by atoms with Gasteiger partial charge < -0.3 is 10.5 Å². The third kappa shape index (κ3) is 2.22. The van der Waals surface area contributed by atoms with Crippen LogP contribution in [0.2, 0.25) is 0 Å². The van der Waals surface area contributed by atoms with E-state index < -0.39 is 0 Å². The predicted octanol–water partition coefficient (Wildman–Crippen LogP) is 1.99. The maximum absolute atomic E-state index is 5.60. The average molecular weight is 177 g/mol. The molecule has 2 rings (SSSR count). The molecule has 0 aliphatic carbocycles. The molecule has 0 bridgehead atoms.